The number of ether oxygens (including phenoxy) is 3. The number of carbonyl (C=O) groups is 4. The van der Waals surface area contributed by atoms with E-state index in [1.54, 1.807) is 0 Å². The Morgan fingerprint density at radius 3 is 1.82 bits per heavy atom. The molecule has 0 bridgehead atoms. The van der Waals surface area contributed by atoms with E-state index >= 15 is 0 Å². The number of amides is 1. The van der Waals surface area contributed by atoms with E-state index in [0.717, 1.165) is 25.7 Å². The zero-order valence-electron chi connectivity index (χ0n) is 21.7. The predicted octanol–water partition coefficient (Wildman–Crippen LogP) is 4.78. The first-order valence-electron chi connectivity index (χ1n) is 12.6. The highest BCUT2D eigenvalue weighted by molar-refractivity contribution is 5.73. The molecule has 0 unspecified atom stereocenters. The molecule has 0 saturated heterocycles. The number of hydrogen-bond donors (Lipinski definition) is 1. The lowest BCUT2D eigenvalue weighted by Gasteiger charge is -2.32. The number of carbonyl (C=O) groups excluding carboxylic acids is 4. The third-order valence-electron chi connectivity index (χ3n) is 5.24. The summed E-state index contributed by atoms with van der Waals surface area (Å²) >= 11 is 0. The Bertz CT molecular complexity index is 633. The molecule has 0 spiro atoms. The third kappa shape index (κ3) is 18.1. The van der Waals surface area contributed by atoms with Crippen molar-refractivity contribution in [2.75, 3.05) is 6.61 Å². The third-order valence-corrected chi connectivity index (χ3v) is 5.24. The molecule has 1 amide bonds. The molecule has 0 aliphatic carbocycles. The van der Waals surface area contributed by atoms with Crippen LogP contribution in [-0.2, 0) is 33.4 Å². The van der Waals surface area contributed by atoms with E-state index in [2.05, 4.69) is 24.4 Å². The van der Waals surface area contributed by atoms with Gasteiger partial charge in [-0.15, -0.1) is 0 Å². The van der Waals surface area contributed by atoms with E-state index in [1.807, 2.05) is 0 Å². The Balaban J connectivity index is 4.85. The Morgan fingerprint density at radius 2 is 1.29 bits per heavy atom. The summed E-state index contributed by atoms with van der Waals surface area (Å²) in [6, 6.07) is -0.841. The van der Waals surface area contributed by atoms with Gasteiger partial charge in [-0.1, -0.05) is 51.2 Å². The number of esters is 3. The monoisotopic (exact) mass is 483 g/mol. The molecule has 0 heterocycles. The van der Waals surface area contributed by atoms with Gasteiger partial charge in [-0.2, -0.15) is 0 Å². The van der Waals surface area contributed by atoms with E-state index in [-0.39, 0.29) is 12.5 Å². The van der Waals surface area contributed by atoms with Gasteiger partial charge in [0, 0.05) is 27.7 Å². The molecule has 0 aromatic carbocycles. The maximum atomic E-state index is 11.8. The summed E-state index contributed by atoms with van der Waals surface area (Å²) in [5.41, 5.74) is 0. The van der Waals surface area contributed by atoms with Gasteiger partial charge in [-0.3, -0.25) is 19.2 Å². The van der Waals surface area contributed by atoms with Gasteiger partial charge < -0.3 is 19.5 Å². The van der Waals surface area contributed by atoms with E-state index in [4.69, 9.17) is 14.2 Å². The molecule has 3 atom stereocenters. The van der Waals surface area contributed by atoms with Gasteiger partial charge in [0.05, 0.1) is 0 Å². The standard InChI is InChI=1S/C26H45NO7/c1-6-7-8-9-10-11-12-13-14-15-16-17-18-25(33-22(4)30)26(34-23(5)31)24(27-20(2)28)19-32-21(3)29/h13-14,24-26H,6-12,15-19H2,1-5H3,(H,27,28)/b14-13+/t24-,25+,26-/m0/s1. The molecule has 0 saturated carbocycles. The molecule has 0 fully saturated rings. The largest absolute Gasteiger partial charge is 0.464 e. The van der Waals surface area contributed by atoms with Crippen LogP contribution >= 0.6 is 0 Å². The second-order valence-corrected chi connectivity index (χ2v) is 8.64. The van der Waals surface area contributed by atoms with Crippen molar-refractivity contribution in [3.63, 3.8) is 0 Å². The maximum absolute atomic E-state index is 11.8. The number of allylic oxidation sites excluding steroid dienone is 2. The summed E-state index contributed by atoms with van der Waals surface area (Å²) < 4.78 is 15.9. The molecule has 0 aromatic rings. The molecule has 196 valence electrons. The van der Waals surface area contributed by atoms with Gasteiger partial charge in [-0.05, 0) is 38.5 Å². The average Bonchev–Trinajstić information content (AvgIpc) is 2.74. The van der Waals surface area contributed by atoms with Gasteiger partial charge in [-0.25, -0.2) is 0 Å². The van der Waals surface area contributed by atoms with Gasteiger partial charge in [0.1, 0.15) is 18.8 Å². The minimum Gasteiger partial charge on any atom is -0.464 e. The molecule has 0 rings (SSSR count). The molecular weight excluding hydrogens is 438 g/mol. The van der Waals surface area contributed by atoms with Crippen molar-refractivity contribution < 1.29 is 33.4 Å². The molecule has 8 nitrogen and oxygen atoms in total. The zero-order chi connectivity index (χ0) is 25.8. The number of nitrogens with one attached hydrogen (secondary N) is 1. The fourth-order valence-corrected chi connectivity index (χ4v) is 3.68. The first-order valence-corrected chi connectivity index (χ1v) is 12.6. The van der Waals surface area contributed by atoms with Crippen LogP contribution in [0, 0.1) is 0 Å². The van der Waals surface area contributed by atoms with Crippen molar-refractivity contribution >= 4 is 23.8 Å². The topological polar surface area (TPSA) is 108 Å². The van der Waals surface area contributed by atoms with Crippen molar-refractivity contribution in [3.05, 3.63) is 12.2 Å². The highest BCUT2D eigenvalue weighted by Gasteiger charge is 2.35. The van der Waals surface area contributed by atoms with Gasteiger partial charge in [0.15, 0.2) is 6.10 Å². The van der Waals surface area contributed by atoms with Crippen LogP contribution in [-0.4, -0.2) is 48.7 Å². The molecular formula is C26H45NO7. The van der Waals surface area contributed by atoms with Crippen LogP contribution in [0.3, 0.4) is 0 Å². The minimum atomic E-state index is -0.979. The first-order chi connectivity index (χ1) is 16.2. The Hall–Kier alpha value is -2.38. The lowest BCUT2D eigenvalue weighted by atomic mass is 9.99. The van der Waals surface area contributed by atoms with Crippen molar-refractivity contribution in [3.8, 4) is 0 Å². The molecule has 0 aliphatic heterocycles. The molecule has 8 heteroatoms. The van der Waals surface area contributed by atoms with Crippen LogP contribution in [0.25, 0.3) is 0 Å². The van der Waals surface area contributed by atoms with Gasteiger partial charge in [0.2, 0.25) is 5.91 Å². The SMILES string of the molecule is CCCCCCCC/C=C/CCCC[C@@H](OC(C)=O)[C@@H](OC(C)=O)[C@H](COC(C)=O)NC(C)=O. The number of unbranched alkanes of at least 4 members (excludes halogenated alkanes) is 8. The highest BCUT2D eigenvalue weighted by atomic mass is 16.6. The second-order valence-electron chi connectivity index (χ2n) is 8.64. The van der Waals surface area contributed by atoms with Crippen LogP contribution in [0.2, 0.25) is 0 Å². The van der Waals surface area contributed by atoms with Crippen molar-refractivity contribution in [2.45, 2.75) is 123 Å². The Morgan fingerprint density at radius 1 is 0.735 bits per heavy atom. The summed E-state index contributed by atoms with van der Waals surface area (Å²) in [5.74, 6) is -2.02. The summed E-state index contributed by atoms with van der Waals surface area (Å²) in [7, 11) is 0. The van der Waals surface area contributed by atoms with Gasteiger partial charge in [0.25, 0.3) is 0 Å². The molecule has 34 heavy (non-hydrogen) atoms. The summed E-state index contributed by atoms with van der Waals surface area (Å²) in [4.78, 5) is 46.5. The fourth-order valence-electron chi connectivity index (χ4n) is 3.68. The summed E-state index contributed by atoms with van der Waals surface area (Å²) in [5, 5.41) is 2.64. The lowest BCUT2D eigenvalue weighted by molar-refractivity contribution is -0.171. The predicted molar refractivity (Wildman–Crippen MR) is 131 cm³/mol. The zero-order valence-corrected chi connectivity index (χ0v) is 21.7. The van der Waals surface area contributed by atoms with E-state index < -0.39 is 36.2 Å². The Kier molecular flexibility index (Phi) is 18.6. The summed E-state index contributed by atoms with van der Waals surface area (Å²) in [6.07, 6.45) is 14.4. The molecule has 1 N–H and O–H groups in total. The maximum Gasteiger partial charge on any atom is 0.303 e. The normalized spacial score (nSPS) is 13.7. The minimum absolute atomic E-state index is 0.203. The Labute approximate surface area is 205 Å². The van der Waals surface area contributed by atoms with Crippen LogP contribution < -0.4 is 5.32 Å². The fraction of sp³-hybridized carbons (Fsp3) is 0.769. The quantitative estimate of drug-likeness (QED) is 0.122. The van der Waals surface area contributed by atoms with Crippen LogP contribution in [0.1, 0.15) is 105 Å². The van der Waals surface area contributed by atoms with E-state index in [1.165, 1.54) is 66.2 Å². The smallest absolute Gasteiger partial charge is 0.303 e. The molecule has 0 radical (unpaired) electrons. The van der Waals surface area contributed by atoms with E-state index in [9.17, 15) is 19.2 Å². The van der Waals surface area contributed by atoms with Crippen molar-refractivity contribution in [1.82, 2.24) is 5.32 Å². The first kappa shape index (κ1) is 31.6. The van der Waals surface area contributed by atoms with Crippen molar-refractivity contribution in [1.29, 1.82) is 0 Å². The average molecular weight is 484 g/mol. The molecule has 0 aliphatic rings. The second kappa shape index (κ2) is 20.0. The van der Waals surface area contributed by atoms with Crippen LogP contribution in [0.4, 0.5) is 0 Å². The van der Waals surface area contributed by atoms with E-state index in [0.29, 0.717) is 6.42 Å². The van der Waals surface area contributed by atoms with Crippen LogP contribution in [0.15, 0.2) is 12.2 Å². The van der Waals surface area contributed by atoms with Gasteiger partial charge >= 0.3 is 17.9 Å². The highest BCUT2D eigenvalue weighted by Crippen LogP contribution is 2.18. The summed E-state index contributed by atoms with van der Waals surface area (Å²) in [6.45, 7) is 7.09. The van der Waals surface area contributed by atoms with Crippen molar-refractivity contribution in [2.24, 2.45) is 0 Å². The lowest BCUT2D eigenvalue weighted by Crippen LogP contribution is -2.53. The van der Waals surface area contributed by atoms with Crippen LogP contribution in [0.5, 0.6) is 0 Å². The molecule has 0 aromatic heterocycles. The number of rotatable bonds is 19. The number of hydrogen-bond acceptors (Lipinski definition) is 7.